The summed E-state index contributed by atoms with van der Waals surface area (Å²) in [6, 6.07) is 5.57. The number of carbonyl (C=O) groups excluding carboxylic acids is 3. The van der Waals surface area contributed by atoms with Crippen molar-refractivity contribution in [3.05, 3.63) is 36.0 Å². The molecule has 3 amide bonds. The number of nitrogens with one attached hydrogen (secondary N) is 2. The number of fused-ring (bicyclic) bond motifs is 7. The number of hydrogen-bond donors (Lipinski definition) is 2. The molecule has 0 aromatic heterocycles. The molecule has 2 bridgehead atoms. The maximum absolute atomic E-state index is 14.0. The van der Waals surface area contributed by atoms with E-state index < -0.39 is 18.2 Å². The highest BCUT2D eigenvalue weighted by Crippen LogP contribution is 2.25. The minimum absolute atomic E-state index is 0.0745. The van der Waals surface area contributed by atoms with Crippen molar-refractivity contribution < 1.29 is 19.1 Å². The lowest BCUT2D eigenvalue weighted by atomic mass is 9.96. The van der Waals surface area contributed by atoms with Crippen molar-refractivity contribution in [2.75, 3.05) is 20.6 Å². The molecule has 35 heavy (non-hydrogen) atoms. The molecular weight excluding hydrogens is 444 g/mol. The number of carbonyl (C=O) groups is 3. The van der Waals surface area contributed by atoms with Crippen LogP contribution in [0.5, 0.6) is 5.75 Å². The Labute approximate surface area is 209 Å². The minimum Gasteiger partial charge on any atom is -0.487 e. The number of amides is 3. The highest BCUT2D eigenvalue weighted by atomic mass is 16.5. The summed E-state index contributed by atoms with van der Waals surface area (Å²) in [4.78, 5) is 43.9. The van der Waals surface area contributed by atoms with Crippen LogP contribution >= 0.6 is 0 Å². The summed E-state index contributed by atoms with van der Waals surface area (Å²) >= 11 is 0. The smallest absolute Gasteiger partial charge is 0.249 e. The summed E-state index contributed by atoms with van der Waals surface area (Å²) in [5, 5.41) is 5.86. The first-order chi connectivity index (χ1) is 16.6. The first kappa shape index (κ1) is 26.7. The average molecular weight is 485 g/mol. The van der Waals surface area contributed by atoms with E-state index in [1.54, 1.807) is 11.1 Å². The van der Waals surface area contributed by atoms with Gasteiger partial charge >= 0.3 is 0 Å². The van der Waals surface area contributed by atoms with E-state index >= 15 is 0 Å². The molecule has 8 heteroatoms. The second-order valence-electron chi connectivity index (χ2n) is 10.5. The van der Waals surface area contributed by atoms with Crippen molar-refractivity contribution in [1.29, 1.82) is 0 Å². The number of nitrogens with zero attached hydrogens (tertiary/aromatic N) is 2. The van der Waals surface area contributed by atoms with Gasteiger partial charge in [0.15, 0.2) is 0 Å². The second kappa shape index (κ2) is 11.7. The van der Waals surface area contributed by atoms with Crippen LogP contribution in [0.2, 0.25) is 0 Å². The van der Waals surface area contributed by atoms with Crippen LogP contribution in [0.3, 0.4) is 0 Å². The van der Waals surface area contributed by atoms with Crippen LogP contribution in [0, 0.1) is 11.8 Å². The van der Waals surface area contributed by atoms with Crippen LogP contribution in [0.25, 0.3) is 6.08 Å². The van der Waals surface area contributed by atoms with Gasteiger partial charge in [-0.25, -0.2) is 0 Å². The van der Waals surface area contributed by atoms with Crippen molar-refractivity contribution >= 4 is 23.8 Å². The number of benzene rings is 1. The Bertz CT molecular complexity index is 926. The topological polar surface area (TPSA) is 91.0 Å². The van der Waals surface area contributed by atoms with E-state index in [0.29, 0.717) is 31.1 Å². The molecule has 8 nitrogen and oxygen atoms in total. The number of rotatable bonds is 6. The summed E-state index contributed by atoms with van der Waals surface area (Å²) in [5.74, 6) is 0.139. The molecule has 1 aromatic carbocycles. The van der Waals surface area contributed by atoms with Crippen molar-refractivity contribution in [1.82, 2.24) is 20.4 Å². The molecule has 0 radical (unpaired) electrons. The van der Waals surface area contributed by atoms with Crippen molar-refractivity contribution in [3.8, 4) is 5.75 Å². The van der Waals surface area contributed by atoms with E-state index in [2.05, 4.69) is 24.5 Å². The molecule has 3 heterocycles. The molecule has 192 valence electrons. The standard InChI is InChI=1S/C27H40N4O4/c1-17(2)16-22(30(5)6)26(33)29-23-24(18(3)4)35-20-11-9-19(10-12-20)13-14-28-25(32)21-8-7-15-31(21)27(23)34/h9-14,17-18,21-24H,7-8,15-16H2,1-6H3,(H,28,32)(H,29,33)/b14-13-/t21-,22-,23-,24-/m0/s1. The Morgan fingerprint density at radius 2 is 1.86 bits per heavy atom. The first-order valence-electron chi connectivity index (χ1n) is 12.6. The third-order valence-corrected chi connectivity index (χ3v) is 6.66. The molecule has 1 fully saturated rings. The Kier molecular flexibility index (Phi) is 8.94. The van der Waals surface area contributed by atoms with Crippen LogP contribution in [0.1, 0.15) is 52.5 Å². The maximum atomic E-state index is 14.0. The Balaban J connectivity index is 2.01. The molecule has 0 aliphatic carbocycles. The predicted octanol–water partition coefficient (Wildman–Crippen LogP) is 2.64. The highest BCUT2D eigenvalue weighted by molar-refractivity contribution is 5.94. The van der Waals surface area contributed by atoms with E-state index in [4.69, 9.17) is 4.74 Å². The zero-order valence-corrected chi connectivity index (χ0v) is 21.8. The molecule has 0 saturated carbocycles. The third-order valence-electron chi connectivity index (χ3n) is 6.66. The summed E-state index contributed by atoms with van der Waals surface area (Å²) in [6.07, 6.45) is 4.79. The summed E-state index contributed by atoms with van der Waals surface area (Å²) in [6.45, 7) is 8.56. The average Bonchev–Trinajstić information content (AvgIpc) is 3.29. The molecule has 1 saturated heterocycles. The van der Waals surface area contributed by atoms with E-state index in [-0.39, 0.29) is 29.7 Å². The van der Waals surface area contributed by atoms with Crippen LogP contribution in [-0.4, -0.2) is 72.4 Å². The van der Waals surface area contributed by atoms with Gasteiger partial charge in [-0.15, -0.1) is 0 Å². The van der Waals surface area contributed by atoms with Gasteiger partial charge in [0.1, 0.15) is 23.9 Å². The number of ether oxygens (including phenoxy) is 1. The number of hydrogen-bond acceptors (Lipinski definition) is 5. The molecule has 0 spiro atoms. The third kappa shape index (κ3) is 6.63. The summed E-state index contributed by atoms with van der Waals surface area (Å²) in [5.41, 5.74) is 0.919. The van der Waals surface area contributed by atoms with Crippen molar-refractivity contribution in [2.45, 2.75) is 71.2 Å². The lowest BCUT2D eigenvalue weighted by molar-refractivity contribution is -0.144. The van der Waals surface area contributed by atoms with E-state index in [9.17, 15) is 14.4 Å². The largest absolute Gasteiger partial charge is 0.487 e. The van der Waals surface area contributed by atoms with Crippen LogP contribution in [-0.2, 0) is 14.4 Å². The Hall–Kier alpha value is -2.87. The zero-order valence-electron chi connectivity index (χ0n) is 21.8. The normalized spacial score (nSPS) is 24.7. The lowest BCUT2D eigenvalue weighted by Crippen LogP contribution is -2.61. The molecule has 1 aromatic rings. The summed E-state index contributed by atoms with van der Waals surface area (Å²) < 4.78 is 6.35. The second-order valence-corrected chi connectivity index (χ2v) is 10.5. The molecular formula is C27H40N4O4. The van der Waals surface area contributed by atoms with Gasteiger partial charge in [0, 0.05) is 12.7 Å². The fourth-order valence-corrected chi connectivity index (χ4v) is 4.73. The van der Waals surface area contributed by atoms with E-state index in [1.807, 2.05) is 63.2 Å². The molecule has 0 unspecified atom stereocenters. The first-order valence-corrected chi connectivity index (χ1v) is 12.6. The molecule has 2 N–H and O–H groups in total. The lowest BCUT2D eigenvalue weighted by Gasteiger charge is -2.36. The van der Waals surface area contributed by atoms with Gasteiger partial charge in [0.2, 0.25) is 17.7 Å². The van der Waals surface area contributed by atoms with Gasteiger partial charge in [0.25, 0.3) is 0 Å². The monoisotopic (exact) mass is 484 g/mol. The highest BCUT2D eigenvalue weighted by Gasteiger charge is 2.43. The number of likely N-dealkylation sites (N-methyl/N-ethyl adjacent to an activating group) is 1. The van der Waals surface area contributed by atoms with Crippen LogP contribution in [0.15, 0.2) is 30.5 Å². The fraction of sp³-hybridized carbons (Fsp3) is 0.593. The fourth-order valence-electron chi connectivity index (χ4n) is 4.73. The Morgan fingerprint density at radius 1 is 1.17 bits per heavy atom. The van der Waals surface area contributed by atoms with Gasteiger partial charge in [-0.05, 0) is 69.0 Å². The van der Waals surface area contributed by atoms with Gasteiger partial charge in [0.05, 0.1) is 6.04 Å². The van der Waals surface area contributed by atoms with Gasteiger partial charge in [-0.1, -0.05) is 39.8 Å². The minimum atomic E-state index is -0.927. The molecule has 3 aliphatic rings. The summed E-state index contributed by atoms with van der Waals surface area (Å²) in [7, 11) is 3.74. The molecule has 3 aliphatic heterocycles. The zero-order chi connectivity index (χ0) is 25.7. The van der Waals surface area contributed by atoms with Gasteiger partial charge < -0.3 is 20.3 Å². The van der Waals surface area contributed by atoms with Crippen molar-refractivity contribution in [2.24, 2.45) is 11.8 Å². The molecule has 4 rings (SSSR count). The predicted molar refractivity (Wildman–Crippen MR) is 136 cm³/mol. The SMILES string of the molecule is CC(C)C[C@@H](C(=O)N[C@@H]1C(=O)N2CCC[C@H]2C(=O)N/C=C\c2ccc(cc2)O[C@H]1C(C)C)N(C)C. The van der Waals surface area contributed by atoms with Crippen molar-refractivity contribution in [3.63, 3.8) is 0 Å². The quantitative estimate of drug-likeness (QED) is 0.648. The van der Waals surface area contributed by atoms with E-state index in [0.717, 1.165) is 12.0 Å². The maximum Gasteiger partial charge on any atom is 0.249 e. The van der Waals surface area contributed by atoms with Crippen LogP contribution in [0.4, 0.5) is 0 Å². The molecule has 4 atom stereocenters. The van der Waals surface area contributed by atoms with Crippen LogP contribution < -0.4 is 15.4 Å². The van der Waals surface area contributed by atoms with Gasteiger partial charge in [-0.3, -0.25) is 19.3 Å². The van der Waals surface area contributed by atoms with E-state index in [1.165, 1.54) is 0 Å². The Morgan fingerprint density at radius 3 is 2.46 bits per heavy atom. The van der Waals surface area contributed by atoms with Gasteiger partial charge in [-0.2, -0.15) is 0 Å².